The van der Waals surface area contributed by atoms with Gasteiger partial charge in [0.25, 0.3) is 0 Å². The molecular formula is C12H27N5O2. The molecule has 4 N–H and O–H groups in total. The Kier molecular flexibility index (Phi) is 8.90. The first-order chi connectivity index (χ1) is 8.99. The van der Waals surface area contributed by atoms with E-state index in [4.69, 9.17) is 10.6 Å². The van der Waals surface area contributed by atoms with Crippen LogP contribution in [0.5, 0.6) is 0 Å². The number of ether oxygens (including phenoxy) is 1. The van der Waals surface area contributed by atoms with E-state index < -0.39 is 6.04 Å². The lowest BCUT2D eigenvalue weighted by molar-refractivity contribution is -0.131. The van der Waals surface area contributed by atoms with Gasteiger partial charge < -0.3 is 15.0 Å². The number of nitrogens with two attached hydrogens (primary N) is 1. The minimum atomic E-state index is -0.479. The van der Waals surface area contributed by atoms with Crippen LogP contribution in [0.15, 0.2) is 4.99 Å². The summed E-state index contributed by atoms with van der Waals surface area (Å²) in [5.74, 6) is 5.77. The largest absolute Gasteiger partial charge is 0.383 e. The molecule has 0 aromatic rings. The molecular weight excluding hydrogens is 246 g/mol. The molecule has 0 saturated carbocycles. The summed E-state index contributed by atoms with van der Waals surface area (Å²) in [5, 5.41) is 3.05. The monoisotopic (exact) mass is 273 g/mol. The molecule has 0 bridgehead atoms. The molecule has 7 heteroatoms. The van der Waals surface area contributed by atoms with E-state index in [1.807, 2.05) is 20.8 Å². The summed E-state index contributed by atoms with van der Waals surface area (Å²) in [4.78, 5) is 18.1. The summed E-state index contributed by atoms with van der Waals surface area (Å²) < 4.78 is 5.01. The summed E-state index contributed by atoms with van der Waals surface area (Å²) in [6, 6.07) is -0.427. The Balaban J connectivity index is 4.63. The molecule has 0 fully saturated rings. The normalized spacial score (nSPS) is 14.7. The van der Waals surface area contributed by atoms with Gasteiger partial charge in [0.05, 0.1) is 6.61 Å². The fourth-order valence-corrected chi connectivity index (χ4v) is 1.69. The molecule has 112 valence electrons. The third-order valence-electron chi connectivity index (χ3n) is 2.69. The first-order valence-corrected chi connectivity index (χ1v) is 6.58. The van der Waals surface area contributed by atoms with Crippen molar-refractivity contribution in [3.8, 4) is 0 Å². The highest BCUT2D eigenvalue weighted by molar-refractivity contribution is 5.86. The zero-order valence-electron chi connectivity index (χ0n) is 12.6. The molecule has 0 aromatic carbocycles. The summed E-state index contributed by atoms with van der Waals surface area (Å²) in [5.41, 5.74) is 2.46. The van der Waals surface area contributed by atoms with E-state index in [-0.39, 0.29) is 11.9 Å². The number of guanidine groups is 1. The van der Waals surface area contributed by atoms with E-state index in [1.165, 1.54) is 0 Å². The van der Waals surface area contributed by atoms with Crippen molar-refractivity contribution in [3.63, 3.8) is 0 Å². The Morgan fingerprint density at radius 3 is 2.37 bits per heavy atom. The maximum Gasteiger partial charge on any atom is 0.247 e. The van der Waals surface area contributed by atoms with E-state index in [2.05, 4.69) is 15.7 Å². The Hall–Kier alpha value is -1.34. The number of hydrazine groups is 1. The second-order valence-corrected chi connectivity index (χ2v) is 4.31. The summed E-state index contributed by atoms with van der Waals surface area (Å²) >= 11 is 0. The quantitative estimate of drug-likeness (QED) is 0.256. The number of aliphatic imine (C=N–C) groups is 1. The van der Waals surface area contributed by atoms with Gasteiger partial charge in [-0.1, -0.05) is 0 Å². The van der Waals surface area contributed by atoms with Gasteiger partial charge in [-0.15, -0.1) is 0 Å². The van der Waals surface area contributed by atoms with Gasteiger partial charge in [0, 0.05) is 26.2 Å². The van der Waals surface area contributed by atoms with E-state index in [1.54, 1.807) is 18.9 Å². The van der Waals surface area contributed by atoms with Gasteiger partial charge in [-0.25, -0.2) is 10.8 Å². The maximum absolute atomic E-state index is 12.1. The Morgan fingerprint density at radius 2 is 1.95 bits per heavy atom. The maximum atomic E-state index is 12.1. The molecule has 0 aliphatic heterocycles. The molecule has 0 heterocycles. The van der Waals surface area contributed by atoms with Crippen molar-refractivity contribution in [1.82, 2.24) is 15.6 Å². The molecule has 0 aromatic heterocycles. The van der Waals surface area contributed by atoms with Crippen LogP contribution in [0.2, 0.25) is 0 Å². The highest BCUT2D eigenvalue weighted by atomic mass is 16.5. The number of nitrogens with one attached hydrogen (secondary N) is 2. The molecule has 1 amide bonds. The highest BCUT2D eigenvalue weighted by Crippen LogP contribution is 1.99. The fraction of sp³-hybridized carbons (Fsp3) is 0.833. The number of nitrogens with zero attached hydrogens (tertiary/aromatic N) is 2. The Morgan fingerprint density at radius 1 is 1.37 bits per heavy atom. The molecule has 2 atom stereocenters. The number of amides is 1. The number of carbonyl (C=O) groups is 1. The lowest BCUT2D eigenvalue weighted by atomic mass is 10.3. The summed E-state index contributed by atoms with van der Waals surface area (Å²) in [7, 11) is 1.62. The molecule has 0 spiro atoms. The van der Waals surface area contributed by atoms with Crippen LogP contribution in [-0.4, -0.2) is 55.7 Å². The van der Waals surface area contributed by atoms with Crippen LogP contribution in [0.4, 0.5) is 0 Å². The molecule has 2 unspecified atom stereocenters. The predicted molar refractivity (Wildman–Crippen MR) is 76.6 cm³/mol. The van der Waals surface area contributed by atoms with E-state index in [9.17, 15) is 4.79 Å². The van der Waals surface area contributed by atoms with Crippen LogP contribution < -0.4 is 16.6 Å². The standard InChI is InChI=1S/C12H27N5O2/c1-6-17(7-2)11(18)10(4)15-12(16-13)14-9(3)8-19-5/h9-10H,6-8,13H2,1-5H3,(H2,14,15,16). The van der Waals surface area contributed by atoms with Gasteiger partial charge in [0.15, 0.2) is 0 Å². The van der Waals surface area contributed by atoms with Crippen molar-refractivity contribution in [1.29, 1.82) is 0 Å². The lowest BCUT2D eigenvalue weighted by Crippen LogP contribution is -2.48. The summed E-state index contributed by atoms with van der Waals surface area (Å²) in [6.07, 6.45) is 0. The van der Waals surface area contributed by atoms with Crippen molar-refractivity contribution in [2.75, 3.05) is 26.8 Å². The van der Waals surface area contributed by atoms with E-state index in [0.29, 0.717) is 25.7 Å². The second kappa shape index (κ2) is 9.57. The Bertz CT molecular complexity index is 292. The van der Waals surface area contributed by atoms with Crippen LogP contribution in [0.1, 0.15) is 27.7 Å². The molecule has 7 nitrogen and oxygen atoms in total. The molecule has 19 heavy (non-hydrogen) atoms. The van der Waals surface area contributed by atoms with Crippen molar-refractivity contribution in [3.05, 3.63) is 0 Å². The predicted octanol–water partition coefficient (Wildman–Crippen LogP) is -0.313. The second-order valence-electron chi connectivity index (χ2n) is 4.31. The average Bonchev–Trinajstić information content (AvgIpc) is 2.39. The van der Waals surface area contributed by atoms with Gasteiger partial charge in [0.1, 0.15) is 6.04 Å². The van der Waals surface area contributed by atoms with Crippen molar-refractivity contribution in [2.24, 2.45) is 10.8 Å². The minimum Gasteiger partial charge on any atom is -0.383 e. The third kappa shape index (κ3) is 6.40. The zero-order valence-corrected chi connectivity index (χ0v) is 12.6. The lowest BCUT2D eigenvalue weighted by Gasteiger charge is -2.22. The number of carbonyl (C=O) groups excluding carboxylic acids is 1. The third-order valence-corrected chi connectivity index (χ3v) is 2.69. The zero-order chi connectivity index (χ0) is 14.8. The number of hydrogen-bond donors (Lipinski definition) is 3. The van der Waals surface area contributed by atoms with Crippen LogP contribution >= 0.6 is 0 Å². The first-order valence-electron chi connectivity index (χ1n) is 6.58. The summed E-state index contributed by atoms with van der Waals surface area (Å²) in [6.45, 7) is 9.45. The molecule has 0 aliphatic carbocycles. The minimum absolute atomic E-state index is 0.0149. The van der Waals surface area contributed by atoms with Gasteiger partial charge in [-0.3, -0.25) is 10.2 Å². The van der Waals surface area contributed by atoms with Gasteiger partial charge in [0.2, 0.25) is 11.9 Å². The first kappa shape index (κ1) is 17.7. The van der Waals surface area contributed by atoms with Crippen LogP contribution in [0.3, 0.4) is 0 Å². The number of likely N-dealkylation sites (N-methyl/N-ethyl adjacent to an activating group) is 1. The molecule has 0 saturated heterocycles. The van der Waals surface area contributed by atoms with Crippen LogP contribution in [0.25, 0.3) is 0 Å². The van der Waals surface area contributed by atoms with E-state index in [0.717, 1.165) is 0 Å². The SMILES string of the molecule is CCN(CC)C(=O)C(C)N=C(NN)NC(C)COC. The Labute approximate surface area is 115 Å². The van der Waals surface area contributed by atoms with Crippen LogP contribution in [0, 0.1) is 0 Å². The van der Waals surface area contributed by atoms with Gasteiger partial charge in [-0.05, 0) is 27.7 Å². The number of methoxy groups -OCH3 is 1. The van der Waals surface area contributed by atoms with Gasteiger partial charge >= 0.3 is 0 Å². The van der Waals surface area contributed by atoms with E-state index >= 15 is 0 Å². The molecule has 0 aliphatic rings. The topological polar surface area (TPSA) is 92.0 Å². The van der Waals surface area contributed by atoms with Crippen molar-refractivity contribution in [2.45, 2.75) is 39.8 Å². The highest BCUT2D eigenvalue weighted by Gasteiger charge is 2.18. The molecule has 0 radical (unpaired) electrons. The fourth-order valence-electron chi connectivity index (χ4n) is 1.69. The average molecular weight is 273 g/mol. The van der Waals surface area contributed by atoms with Gasteiger partial charge in [-0.2, -0.15) is 0 Å². The number of hydrogen-bond acceptors (Lipinski definition) is 4. The van der Waals surface area contributed by atoms with Crippen molar-refractivity contribution >= 4 is 11.9 Å². The smallest absolute Gasteiger partial charge is 0.247 e. The van der Waals surface area contributed by atoms with Crippen molar-refractivity contribution < 1.29 is 9.53 Å². The number of rotatable bonds is 7. The van der Waals surface area contributed by atoms with Crippen LogP contribution in [-0.2, 0) is 9.53 Å². The molecule has 0 rings (SSSR count).